The Hall–Kier alpha value is -1.29. The second-order valence-electron chi connectivity index (χ2n) is 4.45. The van der Waals surface area contributed by atoms with Gasteiger partial charge < -0.3 is 0 Å². The largest absolute Gasteiger partial charge is 0.207 e. The van der Waals surface area contributed by atoms with E-state index < -0.39 is 22.3 Å². The minimum absolute atomic E-state index is 0.125. The summed E-state index contributed by atoms with van der Waals surface area (Å²) in [5.74, 6) is -2.95. The summed E-state index contributed by atoms with van der Waals surface area (Å²) in [5.41, 5.74) is 2.23. The molecule has 0 nitrogen and oxygen atoms in total. The Morgan fingerprint density at radius 3 is 2.37 bits per heavy atom. The van der Waals surface area contributed by atoms with Crippen molar-refractivity contribution in [3.8, 4) is 0 Å². The first kappa shape index (κ1) is 14.1. The molecule has 0 saturated carbocycles. The molecule has 0 aliphatic carbocycles. The van der Waals surface area contributed by atoms with Gasteiger partial charge in [0.2, 0.25) is 0 Å². The van der Waals surface area contributed by atoms with Crippen LogP contribution in [0.1, 0.15) is 21.5 Å². The number of rotatable bonds is 3. The van der Waals surface area contributed by atoms with E-state index in [9.17, 15) is 13.2 Å². The molecule has 100 valence electrons. The normalized spacial score (nSPS) is 12.5. The molecule has 0 radical (unpaired) electrons. The molecule has 0 spiro atoms. The fourth-order valence-electron chi connectivity index (χ4n) is 1.93. The Morgan fingerprint density at radius 2 is 1.68 bits per heavy atom. The van der Waals surface area contributed by atoms with Crippen molar-refractivity contribution in [1.29, 1.82) is 0 Å². The van der Waals surface area contributed by atoms with Gasteiger partial charge in [0.1, 0.15) is 5.82 Å². The van der Waals surface area contributed by atoms with Gasteiger partial charge in [0.05, 0.1) is 0 Å². The van der Waals surface area contributed by atoms with Crippen molar-refractivity contribution in [2.24, 2.45) is 0 Å². The van der Waals surface area contributed by atoms with E-state index >= 15 is 0 Å². The summed E-state index contributed by atoms with van der Waals surface area (Å²) in [4.78, 5) is -0.399. The summed E-state index contributed by atoms with van der Waals surface area (Å²) in [6.07, 6.45) is 0.504. The van der Waals surface area contributed by atoms with E-state index in [-0.39, 0.29) is 5.56 Å². The summed E-state index contributed by atoms with van der Waals surface area (Å²) >= 11 is 3.33. The molecular formula is C15H12BrF3. The van der Waals surface area contributed by atoms with Crippen molar-refractivity contribution in [3.63, 3.8) is 0 Å². The second-order valence-corrected chi connectivity index (χ2v) is 5.55. The lowest BCUT2D eigenvalue weighted by molar-refractivity contribution is 0.489. The van der Waals surface area contributed by atoms with Crippen LogP contribution in [-0.4, -0.2) is 0 Å². The Labute approximate surface area is 118 Å². The molecule has 0 aliphatic rings. The molecule has 0 aromatic heterocycles. The number of hydrogen-bond donors (Lipinski definition) is 0. The highest BCUT2D eigenvalue weighted by Gasteiger charge is 2.17. The molecule has 0 bridgehead atoms. The van der Waals surface area contributed by atoms with Crippen LogP contribution < -0.4 is 0 Å². The van der Waals surface area contributed by atoms with Gasteiger partial charge in [0, 0.05) is 16.5 Å². The van der Waals surface area contributed by atoms with Crippen LogP contribution in [0.5, 0.6) is 0 Å². The SMILES string of the molecule is Cc1cccc(CC(Br)c2cc(F)c(F)cc2F)c1. The number of alkyl halides is 1. The third kappa shape index (κ3) is 3.38. The average molecular weight is 329 g/mol. The van der Waals surface area contributed by atoms with Crippen LogP contribution in [0.2, 0.25) is 0 Å². The monoisotopic (exact) mass is 328 g/mol. The van der Waals surface area contributed by atoms with Crippen LogP contribution in [0.15, 0.2) is 36.4 Å². The Morgan fingerprint density at radius 1 is 1.00 bits per heavy atom. The van der Waals surface area contributed by atoms with E-state index in [4.69, 9.17) is 0 Å². The van der Waals surface area contributed by atoms with Crippen molar-refractivity contribution in [2.75, 3.05) is 0 Å². The molecule has 2 aromatic rings. The maximum Gasteiger partial charge on any atom is 0.161 e. The van der Waals surface area contributed by atoms with Gasteiger partial charge in [-0.2, -0.15) is 0 Å². The Bertz CT molecular complexity index is 596. The fraction of sp³-hybridized carbons (Fsp3) is 0.200. The lowest BCUT2D eigenvalue weighted by Crippen LogP contribution is -2.01. The van der Waals surface area contributed by atoms with E-state index in [0.29, 0.717) is 12.5 Å². The van der Waals surface area contributed by atoms with Gasteiger partial charge in [-0.05, 0) is 25.0 Å². The fourth-order valence-corrected chi connectivity index (χ4v) is 2.66. The lowest BCUT2D eigenvalue weighted by atomic mass is 10.0. The Balaban J connectivity index is 2.25. The molecule has 0 saturated heterocycles. The molecule has 19 heavy (non-hydrogen) atoms. The van der Waals surface area contributed by atoms with Gasteiger partial charge in [0.25, 0.3) is 0 Å². The van der Waals surface area contributed by atoms with Gasteiger partial charge in [-0.3, -0.25) is 0 Å². The average Bonchev–Trinajstić information content (AvgIpc) is 2.33. The van der Waals surface area contributed by atoms with Crippen molar-refractivity contribution >= 4 is 15.9 Å². The van der Waals surface area contributed by atoms with Crippen LogP contribution in [-0.2, 0) is 6.42 Å². The highest BCUT2D eigenvalue weighted by atomic mass is 79.9. The van der Waals surface area contributed by atoms with Gasteiger partial charge >= 0.3 is 0 Å². The van der Waals surface area contributed by atoms with Crippen LogP contribution >= 0.6 is 15.9 Å². The van der Waals surface area contributed by atoms with Crippen molar-refractivity contribution in [3.05, 3.63) is 70.5 Å². The molecule has 0 heterocycles. The van der Waals surface area contributed by atoms with E-state index in [1.807, 2.05) is 31.2 Å². The molecule has 4 heteroatoms. The molecule has 1 atom stereocenters. The molecule has 1 unspecified atom stereocenters. The van der Waals surface area contributed by atoms with Crippen LogP contribution in [0, 0.1) is 24.4 Å². The molecule has 2 aromatic carbocycles. The quantitative estimate of drug-likeness (QED) is 0.543. The van der Waals surface area contributed by atoms with Crippen LogP contribution in [0.25, 0.3) is 0 Å². The number of hydrogen-bond acceptors (Lipinski definition) is 0. The predicted molar refractivity (Wildman–Crippen MR) is 72.9 cm³/mol. The molecule has 0 amide bonds. The third-order valence-corrected chi connectivity index (χ3v) is 3.69. The first-order valence-corrected chi connectivity index (χ1v) is 6.73. The Kier molecular flexibility index (Phi) is 4.30. The maximum absolute atomic E-state index is 13.6. The summed E-state index contributed by atoms with van der Waals surface area (Å²) in [7, 11) is 0. The van der Waals surface area contributed by atoms with Crippen molar-refractivity contribution in [1.82, 2.24) is 0 Å². The standard InChI is InChI=1S/C15H12BrF3/c1-9-3-2-4-10(5-9)6-12(16)11-7-14(18)15(19)8-13(11)17/h2-5,7-8,12H,6H2,1H3. The summed E-state index contributed by atoms with van der Waals surface area (Å²) in [6.45, 7) is 1.96. The molecular weight excluding hydrogens is 317 g/mol. The minimum atomic E-state index is -1.17. The van der Waals surface area contributed by atoms with Crippen LogP contribution in [0.4, 0.5) is 13.2 Å². The number of aryl methyl sites for hydroxylation is 1. The topological polar surface area (TPSA) is 0 Å². The lowest BCUT2D eigenvalue weighted by Gasteiger charge is -2.12. The predicted octanol–water partition coefficient (Wildman–Crippen LogP) is 5.09. The molecule has 2 rings (SSSR count). The summed E-state index contributed by atoms with van der Waals surface area (Å²) in [5, 5.41) is 0. The van der Waals surface area contributed by atoms with Crippen LogP contribution in [0.3, 0.4) is 0 Å². The van der Waals surface area contributed by atoms with E-state index in [0.717, 1.165) is 17.2 Å². The smallest absolute Gasteiger partial charge is 0.161 e. The van der Waals surface area contributed by atoms with Gasteiger partial charge in [-0.1, -0.05) is 45.8 Å². The van der Waals surface area contributed by atoms with E-state index in [2.05, 4.69) is 15.9 Å². The zero-order valence-electron chi connectivity index (χ0n) is 10.3. The molecule has 0 fully saturated rings. The van der Waals surface area contributed by atoms with E-state index in [1.54, 1.807) is 0 Å². The van der Waals surface area contributed by atoms with Crippen molar-refractivity contribution in [2.45, 2.75) is 18.2 Å². The molecule has 0 N–H and O–H groups in total. The first-order chi connectivity index (χ1) is 8.97. The number of benzene rings is 2. The van der Waals surface area contributed by atoms with Crippen molar-refractivity contribution < 1.29 is 13.2 Å². The highest BCUT2D eigenvalue weighted by Crippen LogP contribution is 2.30. The summed E-state index contributed by atoms with van der Waals surface area (Å²) < 4.78 is 39.7. The zero-order valence-corrected chi connectivity index (χ0v) is 11.8. The van der Waals surface area contributed by atoms with Gasteiger partial charge in [0.15, 0.2) is 11.6 Å². The van der Waals surface area contributed by atoms with E-state index in [1.165, 1.54) is 0 Å². The highest BCUT2D eigenvalue weighted by molar-refractivity contribution is 9.09. The number of halogens is 4. The maximum atomic E-state index is 13.6. The van der Waals surface area contributed by atoms with Gasteiger partial charge in [-0.15, -0.1) is 0 Å². The second kappa shape index (κ2) is 5.78. The summed E-state index contributed by atoms with van der Waals surface area (Å²) in [6, 6.07) is 9.25. The molecule has 0 aliphatic heterocycles. The van der Waals surface area contributed by atoms with Gasteiger partial charge in [-0.25, -0.2) is 13.2 Å². The minimum Gasteiger partial charge on any atom is -0.207 e. The zero-order chi connectivity index (χ0) is 14.0. The first-order valence-electron chi connectivity index (χ1n) is 5.81. The third-order valence-electron chi connectivity index (χ3n) is 2.87.